The number of ether oxygens (including phenoxy) is 1. The summed E-state index contributed by atoms with van der Waals surface area (Å²) in [7, 11) is 3.52. The number of nitrogens with one attached hydrogen (secondary N) is 1. The zero-order valence-electron chi connectivity index (χ0n) is 12.3. The van der Waals surface area contributed by atoms with Gasteiger partial charge in [-0.25, -0.2) is 0 Å². The Labute approximate surface area is 125 Å². The molecule has 0 bridgehead atoms. The highest BCUT2D eigenvalue weighted by Gasteiger charge is 2.02. The first-order chi connectivity index (χ1) is 10.2. The van der Waals surface area contributed by atoms with Gasteiger partial charge in [-0.2, -0.15) is 0 Å². The fourth-order valence-corrected chi connectivity index (χ4v) is 2.02. The van der Waals surface area contributed by atoms with E-state index >= 15 is 0 Å². The van der Waals surface area contributed by atoms with Crippen LogP contribution in [0.15, 0.2) is 54.6 Å². The molecular weight excluding hydrogens is 262 g/mol. The van der Waals surface area contributed by atoms with Crippen LogP contribution in [0.4, 0.5) is 0 Å². The molecule has 0 saturated carbocycles. The van der Waals surface area contributed by atoms with E-state index in [1.54, 1.807) is 13.2 Å². The molecule has 2 rings (SSSR count). The average molecular weight is 281 g/mol. The Kier molecular flexibility index (Phi) is 5.29. The van der Waals surface area contributed by atoms with E-state index < -0.39 is 0 Å². The lowest BCUT2D eigenvalue weighted by molar-refractivity contribution is 0.104. The van der Waals surface area contributed by atoms with Crippen LogP contribution < -0.4 is 10.1 Å². The van der Waals surface area contributed by atoms with Crippen molar-refractivity contribution in [2.24, 2.45) is 0 Å². The van der Waals surface area contributed by atoms with Crippen molar-refractivity contribution in [3.63, 3.8) is 0 Å². The number of benzene rings is 2. The van der Waals surface area contributed by atoms with Crippen LogP contribution in [0.5, 0.6) is 5.75 Å². The highest BCUT2D eigenvalue weighted by Crippen LogP contribution is 2.13. The molecule has 21 heavy (non-hydrogen) atoms. The summed E-state index contributed by atoms with van der Waals surface area (Å²) in [5.41, 5.74) is 2.77. The van der Waals surface area contributed by atoms with Crippen LogP contribution in [0.1, 0.15) is 21.5 Å². The van der Waals surface area contributed by atoms with E-state index in [0.29, 0.717) is 5.56 Å². The van der Waals surface area contributed by atoms with Gasteiger partial charge in [0.2, 0.25) is 0 Å². The van der Waals surface area contributed by atoms with E-state index in [-0.39, 0.29) is 5.78 Å². The molecule has 0 aromatic heterocycles. The average Bonchev–Trinajstić information content (AvgIpc) is 2.53. The maximum atomic E-state index is 12.2. The van der Waals surface area contributed by atoms with E-state index in [9.17, 15) is 4.79 Å². The van der Waals surface area contributed by atoms with Gasteiger partial charge in [0, 0.05) is 12.1 Å². The number of rotatable bonds is 6. The lowest BCUT2D eigenvalue weighted by atomic mass is 10.1. The van der Waals surface area contributed by atoms with Gasteiger partial charge in [-0.3, -0.25) is 4.79 Å². The number of ketones is 1. The van der Waals surface area contributed by atoms with Crippen LogP contribution in [0, 0.1) is 0 Å². The summed E-state index contributed by atoms with van der Waals surface area (Å²) in [5.74, 6) is 0.807. The normalized spacial score (nSPS) is 10.8. The van der Waals surface area contributed by atoms with Crippen molar-refractivity contribution < 1.29 is 9.53 Å². The molecule has 0 aliphatic heterocycles. The Balaban J connectivity index is 2.09. The summed E-state index contributed by atoms with van der Waals surface area (Å²) < 4.78 is 5.10. The molecule has 108 valence electrons. The largest absolute Gasteiger partial charge is 0.497 e. The second-order valence-electron chi connectivity index (χ2n) is 4.70. The molecule has 0 radical (unpaired) electrons. The molecule has 3 nitrogen and oxygen atoms in total. The summed E-state index contributed by atoms with van der Waals surface area (Å²) in [4.78, 5) is 12.2. The maximum Gasteiger partial charge on any atom is 0.185 e. The summed E-state index contributed by atoms with van der Waals surface area (Å²) in [6.45, 7) is 0.753. The van der Waals surface area contributed by atoms with Gasteiger partial charge in [-0.1, -0.05) is 36.4 Å². The number of methoxy groups -OCH3 is 1. The van der Waals surface area contributed by atoms with Crippen LogP contribution in [-0.2, 0) is 6.54 Å². The molecule has 0 heterocycles. The first kappa shape index (κ1) is 15.0. The highest BCUT2D eigenvalue weighted by atomic mass is 16.5. The standard InChI is InChI=1S/C18H19NO2/c1-19-13-15-4-3-5-16(12-15)18(20)11-8-14-6-9-17(21-2)10-7-14/h3-12,19H,13H2,1-2H3/b11-8+. The van der Waals surface area contributed by atoms with Crippen molar-refractivity contribution >= 4 is 11.9 Å². The second kappa shape index (κ2) is 7.41. The number of hydrogen-bond donors (Lipinski definition) is 1. The third-order valence-corrected chi connectivity index (χ3v) is 3.14. The summed E-state index contributed by atoms with van der Waals surface area (Å²) >= 11 is 0. The molecule has 0 aliphatic carbocycles. The summed E-state index contributed by atoms with van der Waals surface area (Å²) in [5, 5.41) is 3.08. The van der Waals surface area contributed by atoms with Gasteiger partial charge >= 0.3 is 0 Å². The lowest BCUT2D eigenvalue weighted by Gasteiger charge is -2.02. The van der Waals surface area contributed by atoms with Crippen molar-refractivity contribution in [2.45, 2.75) is 6.54 Å². The highest BCUT2D eigenvalue weighted by molar-refractivity contribution is 6.06. The zero-order chi connectivity index (χ0) is 15.1. The fraction of sp³-hybridized carbons (Fsp3) is 0.167. The number of carbonyl (C=O) groups excluding carboxylic acids is 1. The van der Waals surface area contributed by atoms with Gasteiger partial charge in [0.25, 0.3) is 0 Å². The lowest BCUT2D eigenvalue weighted by Crippen LogP contribution is -2.06. The van der Waals surface area contributed by atoms with Crippen molar-refractivity contribution in [3.8, 4) is 5.75 Å². The van der Waals surface area contributed by atoms with E-state index in [0.717, 1.165) is 23.4 Å². The van der Waals surface area contributed by atoms with Crippen molar-refractivity contribution in [3.05, 3.63) is 71.3 Å². The van der Waals surface area contributed by atoms with E-state index in [1.807, 2.05) is 61.7 Å². The molecule has 0 spiro atoms. The van der Waals surface area contributed by atoms with Crippen LogP contribution in [-0.4, -0.2) is 19.9 Å². The van der Waals surface area contributed by atoms with E-state index in [2.05, 4.69) is 5.32 Å². The minimum atomic E-state index is 0.00349. The predicted octanol–water partition coefficient (Wildman–Crippen LogP) is 3.31. The maximum absolute atomic E-state index is 12.2. The molecule has 0 aliphatic rings. The molecule has 0 unspecified atom stereocenters. The van der Waals surface area contributed by atoms with Gasteiger partial charge in [-0.15, -0.1) is 0 Å². The Morgan fingerprint density at radius 1 is 1.19 bits per heavy atom. The number of allylic oxidation sites excluding steroid dienone is 1. The van der Waals surface area contributed by atoms with E-state index in [1.165, 1.54) is 0 Å². The van der Waals surface area contributed by atoms with Crippen molar-refractivity contribution in [1.29, 1.82) is 0 Å². The minimum Gasteiger partial charge on any atom is -0.497 e. The molecule has 0 saturated heterocycles. The molecule has 2 aromatic carbocycles. The first-order valence-corrected chi connectivity index (χ1v) is 6.83. The topological polar surface area (TPSA) is 38.3 Å². The molecule has 3 heteroatoms. The van der Waals surface area contributed by atoms with Gasteiger partial charge < -0.3 is 10.1 Å². The SMILES string of the molecule is CNCc1cccc(C(=O)/C=C/c2ccc(OC)cc2)c1. The second-order valence-corrected chi connectivity index (χ2v) is 4.70. The Hall–Kier alpha value is -2.39. The Morgan fingerprint density at radius 2 is 1.95 bits per heavy atom. The van der Waals surface area contributed by atoms with Crippen molar-refractivity contribution in [2.75, 3.05) is 14.2 Å². The predicted molar refractivity (Wildman–Crippen MR) is 85.6 cm³/mol. The van der Waals surface area contributed by atoms with Crippen LogP contribution in [0.3, 0.4) is 0 Å². The Bertz CT molecular complexity index is 630. The zero-order valence-corrected chi connectivity index (χ0v) is 12.3. The molecule has 1 N–H and O–H groups in total. The number of carbonyl (C=O) groups is 1. The van der Waals surface area contributed by atoms with E-state index in [4.69, 9.17) is 4.74 Å². The summed E-state index contributed by atoms with van der Waals surface area (Å²) in [6, 6.07) is 15.2. The molecular formula is C18H19NO2. The van der Waals surface area contributed by atoms with Crippen LogP contribution >= 0.6 is 0 Å². The third kappa shape index (κ3) is 4.29. The third-order valence-electron chi connectivity index (χ3n) is 3.14. The van der Waals surface area contributed by atoms with Gasteiger partial charge in [-0.05, 0) is 42.4 Å². The molecule has 0 atom stereocenters. The molecule has 0 amide bonds. The summed E-state index contributed by atoms with van der Waals surface area (Å²) in [6.07, 6.45) is 3.41. The minimum absolute atomic E-state index is 0.00349. The first-order valence-electron chi connectivity index (χ1n) is 6.83. The van der Waals surface area contributed by atoms with Gasteiger partial charge in [0.05, 0.1) is 7.11 Å². The fourth-order valence-electron chi connectivity index (χ4n) is 2.02. The Morgan fingerprint density at radius 3 is 2.62 bits per heavy atom. The molecule has 2 aromatic rings. The quantitative estimate of drug-likeness (QED) is 0.652. The number of hydrogen-bond acceptors (Lipinski definition) is 3. The van der Waals surface area contributed by atoms with Gasteiger partial charge in [0.1, 0.15) is 5.75 Å². The van der Waals surface area contributed by atoms with Crippen molar-refractivity contribution in [1.82, 2.24) is 5.32 Å². The van der Waals surface area contributed by atoms with Gasteiger partial charge in [0.15, 0.2) is 5.78 Å². The smallest absolute Gasteiger partial charge is 0.185 e. The monoisotopic (exact) mass is 281 g/mol. The molecule has 0 fully saturated rings. The van der Waals surface area contributed by atoms with Crippen LogP contribution in [0.25, 0.3) is 6.08 Å². The van der Waals surface area contributed by atoms with Crippen LogP contribution in [0.2, 0.25) is 0 Å².